The Kier molecular flexibility index (Phi) is 6.62. The van der Waals surface area contributed by atoms with Gasteiger partial charge in [0.25, 0.3) is 5.56 Å². The second-order valence-electron chi connectivity index (χ2n) is 7.24. The number of urea groups is 1. The number of aromatic nitrogens is 2. The van der Waals surface area contributed by atoms with Crippen molar-refractivity contribution in [3.8, 4) is 12.3 Å². The molecule has 0 unspecified atom stereocenters. The Morgan fingerprint density at radius 1 is 1.37 bits per heavy atom. The number of nitrogens with zero attached hydrogens (tertiary/aromatic N) is 4. The van der Waals surface area contributed by atoms with E-state index in [9.17, 15) is 9.59 Å². The standard InChI is InChI=1S/C22H28N6O2/c1-5-9-23-18-8-7-10-24-20(18)27-11-13-28(14-12-27)22(30)26(4)19-15-17(6-2)16(3)25-21(19)29/h1,7-8,10,15,23H,6,9,11-14H2,2-4H3,(H,25,29). The minimum Gasteiger partial charge on any atom is -0.371 e. The molecule has 0 saturated carbocycles. The maximum atomic E-state index is 13.0. The molecule has 30 heavy (non-hydrogen) atoms. The van der Waals surface area contributed by atoms with Crippen molar-refractivity contribution >= 4 is 23.2 Å². The molecule has 2 amide bonds. The second kappa shape index (κ2) is 9.35. The van der Waals surface area contributed by atoms with E-state index in [2.05, 4.69) is 26.1 Å². The van der Waals surface area contributed by atoms with Crippen LogP contribution < -0.4 is 20.7 Å². The Balaban J connectivity index is 1.69. The van der Waals surface area contributed by atoms with Gasteiger partial charge in [0, 0.05) is 45.1 Å². The summed E-state index contributed by atoms with van der Waals surface area (Å²) in [5, 5.41) is 3.19. The van der Waals surface area contributed by atoms with Crippen molar-refractivity contribution in [2.75, 3.05) is 54.9 Å². The van der Waals surface area contributed by atoms with Gasteiger partial charge >= 0.3 is 6.03 Å². The van der Waals surface area contributed by atoms with Gasteiger partial charge in [-0.05, 0) is 37.1 Å². The number of aromatic amines is 1. The van der Waals surface area contributed by atoms with Gasteiger partial charge in [-0.3, -0.25) is 9.69 Å². The summed E-state index contributed by atoms with van der Waals surface area (Å²) >= 11 is 0. The highest BCUT2D eigenvalue weighted by Crippen LogP contribution is 2.24. The molecule has 3 rings (SSSR count). The Morgan fingerprint density at radius 2 is 2.10 bits per heavy atom. The summed E-state index contributed by atoms with van der Waals surface area (Å²) in [6.07, 6.45) is 7.88. The number of anilines is 3. The predicted molar refractivity (Wildman–Crippen MR) is 120 cm³/mol. The normalized spacial score (nSPS) is 13.7. The van der Waals surface area contributed by atoms with Crippen molar-refractivity contribution in [1.29, 1.82) is 0 Å². The molecule has 3 heterocycles. The van der Waals surface area contributed by atoms with Crippen LogP contribution in [0.5, 0.6) is 0 Å². The van der Waals surface area contributed by atoms with E-state index >= 15 is 0 Å². The molecule has 2 N–H and O–H groups in total. The fraction of sp³-hybridized carbons (Fsp3) is 0.409. The summed E-state index contributed by atoms with van der Waals surface area (Å²) in [6.45, 7) is 6.69. The Labute approximate surface area is 176 Å². The molecule has 8 heteroatoms. The lowest BCUT2D eigenvalue weighted by atomic mass is 10.1. The Hall–Kier alpha value is -3.47. The summed E-state index contributed by atoms with van der Waals surface area (Å²) in [7, 11) is 1.65. The smallest absolute Gasteiger partial charge is 0.324 e. The lowest BCUT2D eigenvalue weighted by Gasteiger charge is -2.37. The van der Waals surface area contributed by atoms with Gasteiger partial charge in [-0.1, -0.05) is 12.8 Å². The largest absolute Gasteiger partial charge is 0.371 e. The predicted octanol–water partition coefficient (Wildman–Crippen LogP) is 2.06. The number of rotatable bonds is 5. The van der Waals surface area contributed by atoms with Crippen LogP contribution in [0, 0.1) is 19.3 Å². The van der Waals surface area contributed by atoms with Gasteiger partial charge in [0.2, 0.25) is 0 Å². The average Bonchev–Trinajstić information content (AvgIpc) is 2.77. The van der Waals surface area contributed by atoms with Gasteiger partial charge in [0.1, 0.15) is 5.69 Å². The topological polar surface area (TPSA) is 84.6 Å². The average molecular weight is 409 g/mol. The van der Waals surface area contributed by atoms with Gasteiger partial charge in [0.05, 0.1) is 12.2 Å². The lowest BCUT2D eigenvalue weighted by molar-refractivity contribution is 0.202. The first-order valence-corrected chi connectivity index (χ1v) is 10.1. The number of aryl methyl sites for hydroxylation is 2. The van der Waals surface area contributed by atoms with E-state index in [4.69, 9.17) is 6.42 Å². The quantitative estimate of drug-likeness (QED) is 0.740. The minimum atomic E-state index is -0.253. The van der Waals surface area contributed by atoms with Gasteiger partial charge in [-0.15, -0.1) is 6.42 Å². The molecule has 158 valence electrons. The second-order valence-corrected chi connectivity index (χ2v) is 7.24. The fourth-order valence-corrected chi connectivity index (χ4v) is 3.63. The van der Waals surface area contributed by atoms with Crippen LogP contribution in [-0.2, 0) is 6.42 Å². The molecule has 0 atom stereocenters. The number of terminal acetylenes is 1. The number of carbonyl (C=O) groups excluding carboxylic acids is 1. The Morgan fingerprint density at radius 3 is 2.77 bits per heavy atom. The molecule has 0 aromatic carbocycles. The minimum absolute atomic E-state index is 0.183. The zero-order chi connectivity index (χ0) is 21.7. The van der Waals surface area contributed by atoms with Crippen LogP contribution in [0.2, 0.25) is 0 Å². The van der Waals surface area contributed by atoms with E-state index in [0.717, 1.165) is 29.2 Å². The monoisotopic (exact) mass is 408 g/mol. The van der Waals surface area contributed by atoms with Gasteiger partial charge < -0.3 is 20.1 Å². The van der Waals surface area contributed by atoms with Crippen LogP contribution in [0.4, 0.5) is 22.0 Å². The third-order valence-electron chi connectivity index (χ3n) is 5.37. The van der Waals surface area contributed by atoms with E-state index in [-0.39, 0.29) is 11.6 Å². The van der Waals surface area contributed by atoms with Crippen LogP contribution in [0.15, 0.2) is 29.2 Å². The number of piperazine rings is 1. The maximum Gasteiger partial charge on any atom is 0.324 e. The molecular formula is C22H28N6O2. The van der Waals surface area contributed by atoms with E-state index < -0.39 is 0 Å². The molecule has 0 aliphatic carbocycles. The molecule has 1 aliphatic heterocycles. The number of hydrogen-bond acceptors (Lipinski definition) is 5. The van der Waals surface area contributed by atoms with Crippen LogP contribution >= 0.6 is 0 Å². The molecule has 0 spiro atoms. The number of hydrogen-bond donors (Lipinski definition) is 2. The van der Waals surface area contributed by atoms with E-state index in [1.165, 1.54) is 4.90 Å². The number of pyridine rings is 2. The number of H-pyrrole nitrogens is 1. The summed E-state index contributed by atoms with van der Waals surface area (Å²) in [4.78, 5) is 38.1. The van der Waals surface area contributed by atoms with E-state index in [1.807, 2.05) is 26.0 Å². The van der Waals surface area contributed by atoms with Crippen molar-refractivity contribution in [3.05, 3.63) is 46.0 Å². The summed E-state index contributed by atoms with van der Waals surface area (Å²) in [5.74, 6) is 3.40. The molecule has 2 aromatic rings. The summed E-state index contributed by atoms with van der Waals surface area (Å²) < 4.78 is 0. The van der Waals surface area contributed by atoms with Crippen molar-refractivity contribution in [2.24, 2.45) is 0 Å². The summed E-state index contributed by atoms with van der Waals surface area (Å²) in [5.41, 5.74) is 2.86. The third kappa shape index (κ3) is 4.40. The molecule has 1 saturated heterocycles. The first-order valence-electron chi connectivity index (χ1n) is 10.1. The zero-order valence-corrected chi connectivity index (χ0v) is 17.7. The molecule has 8 nitrogen and oxygen atoms in total. The highest BCUT2D eigenvalue weighted by molar-refractivity contribution is 5.91. The zero-order valence-electron chi connectivity index (χ0n) is 17.7. The molecule has 0 bridgehead atoms. The van der Waals surface area contributed by atoms with Crippen molar-refractivity contribution < 1.29 is 4.79 Å². The van der Waals surface area contributed by atoms with Gasteiger partial charge in [0.15, 0.2) is 5.82 Å². The molecule has 1 aliphatic rings. The van der Waals surface area contributed by atoms with Gasteiger partial charge in [-0.25, -0.2) is 9.78 Å². The molecule has 0 radical (unpaired) electrons. The summed E-state index contributed by atoms with van der Waals surface area (Å²) in [6, 6.07) is 5.43. The number of amides is 2. The van der Waals surface area contributed by atoms with Crippen LogP contribution in [-0.4, -0.2) is 60.7 Å². The molecule has 1 fully saturated rings. The number of carbonyl (C=O) groups is 1. The van der Waals surface area contributed by atoms with Crippen molar-refractivity contribution in [1.82, 2.24) is 14.9 Å². The highest BCUT2D eigenvalue weighted by atomic mass is 16.2. The van der Waals surface area contributed by atoms with Gasteiger partial charge in [-0.2, -0.15) is 0 Å². The first kappa shape index (κ1) is 21.2. The fourth-order valence-electron chi connectivity index (χ4n) is 3.63. The van der Waals surface area contributed by atoms with Crippen molar-refractivity contribution in [2.45, 2.75) is 20.3 Å². The van der Waals surface area contributed by atoms with Crippen LogP contribution in [0.25, 0.3) is 0 Å². The van der Waals surface area contributed by atoms with Crippen LogP contribution in [0.1, 0.15) is 18.2 Å². The third-order valence-corrected chi connectivity index (χ3v) is 5.37. The lowest BCUT2D eigenvalue weighted by Crippen LogP contribution is -2.53. The Bertz CT molecular complexity index is 1000. The maximum absolute atomic E-state index is 13.0. The van der Waals surface area contributed by atoms with E-state index in [1.54, 1.807) is 24.2 Å². The molecular weight excluding hydrogens is 380 g/mol. The van der Waals surface area contributed by atoms with Crippen LogP contribution in [0.3, 0.4) is 0 Å². The highest BCUT2D eigenvalue weighted by Gasteiger charge is 2.27. The molecule has 2 aromatic heterocycles. The van der Waals surface area contributed by atoms with Crippen molar-refractivity contribution in [3.63, 3.8) is 0 Å². The number of nitrogens with one attached hydrogen (secondary N) is 2. The van der Waals surface area contributed by atoms with E-state index in [0.29, 0.717) is 38.4 Å². The first-order chi connectivity index (χ1) is 14.5. The SMILES string of the molecule is C#CCNc1cccnc1N1CCN(C(=O)N(C)c2cc(CC)c(C)[nH]c2=O)CC1.